The minimum atomic E-state index is 0.364. The Morgan fingerprint density at radius 1 is 1.50 bits per heavy atom. The van der Waals surface area contributed by atoms with E-state index in [1.54, 1.807) is 0 Å². The van der Waals surface area contributed by atoms with Crippen molar-refractivity contribution in [3.05, 3.63) is 28.2 Å². The highest BCUT2D eigenvalue weighted by molar-refractivity contribution is 9.10. The second kappa shape index (κ2) is 7.83. The van der Waals surface area contributed by atoms with E-state index in [9.17, 15) is 0 Å². The topological polar surface area (TPSA) is 21.3 Å². The molecule has 0 saturated carbocycles. The molecule has 4 heteroatoms. The molecule has 0 bridgehead atoms. The molecule has 20 heavy (non-hydrogen) atoms. The largest absolute Gasteiger partial charge is 0.377 e. The zero-order valence-electron chi connectivity index (χ0n) is 12.5. The van der Waals surface area contributed by atoms with Gasteiger partial charge in [-0.05, 0) is 50.9 Å². The highest BCUT2D eigenvalue weighted by Crippen LogP contribution is 2.35. The number of hydrogen-bond donors (Lipinski definition) is 1. The highest BCUT2D eigenvalue weighted by atomic mass is 79.9. The number of ether oxygens (including phenoxy) is 1. The van der Waals surface area contributed by atoms with Crippen LogP contribution in [0.1, 0.15) is 45.2 Å². The summed E-state index contributed by atoms with van der Waals surface area (Å²) in [5.41, 5.74) is 1.33. The van der Waals surface area contributed by atoms with Crippen LogP contribution in [0.3, 0.4) is 0 Å². The molecule has 1 aliphatic heterocycles. The number of halogens is 1. The SMILES string of the molecule is CCCNC(C)c1ccc(SC2CCOC2C)cc1Br. The van der Waals surface area contributed by atoms with Gasteiger partial charge < -0.3 is 10.1 Å². The molecule has 2 rings (SSSR count). The van der Waals surface area contributed by atoms with Crippen LogP contribution in [0, 0.1) is 0 Å². The lowest BCUT2D eigenvalue weighted by molar-refractivity contribution is 0.127. The summed E-state index contributed by atoms with van der Waals surface area (Å²) in [6.45, 7) is 8.54. The first-order chi connectivity index (χ1) is 9.61. The fourth-order valence-corrected chi connectivity index (χ4v) is 4.48. The van der Waals surface area contributed by atoms with Gasteiger partial charge in [0.05, 0.1) is 6.10 Å². The molecule has 3 unspecified atom stereocenters. The summed E-state index contributed by atoms with van der Waals surface area (Å²) in [7, 11) is 0. The van der Waals surface area contributed by atoms with Gasteiger partial charge in [0, 0.05) is 27.3 Å². The number of thioether (sulfide) groups is 1. The van der Waals surface area contributed by atoms with Crippen molar-refractivity contribution in [3.63, 3.8) is 0 Å². The van der Waals surface area contributed by atoms with Crippen molar-refractivity contribution < 1.29 is 4.74 Å². The average molecular weight is 358 g/mol. The van der Waals surface area contributed by atoms with Gasteiger partial charge in [-0.25, -0.2) is 0 Å². The van der Waals surface area contributed by atoms with Crippen molar-refractivity contribution in [3.8, 4) is 0 Å². The maximum Gasteiger partial charge on any atom is 0.0669 e. The van der Waals surface area contributed by atoms with Crippen molar-refractivity contribution in [2.45, 2.75) is 55.9 Å². The third-order valence-electron chi connectivity index (χ3n) is 3.73. The van der Waals surface area contributed by atoms with E-state index in [1.165, 1.54) is 14.9 Å². The van der Waals surface area contributed by atoms with Crippen LogP contribution in [0.5, 0.6) is 0 Å². The Bertz CT molecular complexity index is 440. The quantitative estimate of drug-likeness (QED) is 0.791. The van der Waals surface area contributed by atoms with Gasteiger partial charge in [-0.2, -0.15) is 0 Å². The number of nitrogens with one attached hydrogen (secondary N) is 1. The minimum absolute atomic E-state index is 0.364. The fourth-order valence-electron chi connectivity index (χ4n) is 2.44. The van der Waals surface area contributed by atoms with E-state index in [0.29, 0.717) is 17.4 Å². The fraction of sp³-hybridized carbons (Fsp3) is 0.625. The van der Waals surface area contributed by atoms with Crippen molar-refractivity contribution >= 4 is 27.7 Å². The summed E-state index contributed by atoms with van der Waals surface area (Å²) in [5, 5.41) is 4.12. The summed E-state index contributed by atoms with van der Waals surface area (Å²) in [5.74, 6) is 0. The minimum Gasteiger partial charge on any atom is -0.377 e. The summed E-state index contributed by atoms with van der Waals surface area (Å²) in [6.07, 6.45) is 2.68. The number of benzene rings is 1. The van der Waals surface area contributed by atoms with Crippen molar-refractivity contribution in [1.82, 2.24) is 5.32 Å². The van der Waals surface area contributed by atoms with E-state index in [2.05, 4.69) is 60.2 Å². The molecule has 1 aliphatic rings. The monoisotopic (exact) mass is 357 g/mol. The second-order valence-electron chi connectivity index (χ2n) is 5.38. The molecule has 1 aromatic carbocycles. The van der Waals surface area contributed by atoms with Crippen LogP contribution in [0.25, 0.3) is 0 Å². The first-order valence-corrected chi connectivity index (χ1v) is 9.10. The van der Waals surface area contributed by atoms with E-state index in [1.807, 2.05) is 11.8 Å². The molecule has 1 saturated heterocycles. The van der Waals surface area contributed by atoms with Crippen molar-refractivity contribution in [2.75, 3.05) is 13.2 Å². The molecule has 1 heterocycles. The average Bonchev–Trinajstić information content (AvgIpc) is 2.82. The van der Waals surface area contributed by atoms with E-state index in [4.69, 9.17) is 4.74 Å². The van der Waals surface area contributed by atoms with Crippen LogP contribution >= 0.6 is 27.7 Å². The van der Waals surface area contributed by atoms with Crippen molar-refractivity contribution in [2.24, 2.45) is 0 Å². The van der Waals surface area contributed by atoms with Crippen LogP contribution in [0.2, 0.25) is 0 Å². The second-order valence-corrected chi connectivity index (χ2v) is 7.55. The molecule has 0 radical (unpaired) electrons. The van der Waals surface area contributed by atoms with Crippen LogP contribution in [-0.2, 0) is 4.74 Å². The third-order valence-corrected chi connectivity index (χ3v) is 5.87. The summed E-state index contributed by atoms with van der Waals surface area (Å²) < 4.78 is 6.83. The summed E-state index contributed by atoms with van der Waals surface area (Å²) in [6, 6.07) is 7.10. The van der Waals surface area contributed by atoms with Crippen LogP contribution in [-0.4, -0.2) is 24.5 Å². The predicted molar refractivity (Wildman–Crippen MR) is 90.5 cm³/mol. The Balaban J connectivity index is 2.01. The molecular weight excluding hydrogens is 334 g/mol. The Hall–Kier alpha value is -0.0300. The van der Waals surface area contributed by atoms with Gasteiger partial charge in [-0.3, -0.25) is 0 Å². The number of rotatable bonds is 6. The van der Waals surface area contributed by atoms with Gasteiger partial charge in [0.2, 0.25) is 0 Å². The van der Waals surface area contributed by atoms with Gasteiger partial charge in [-0.1, -0.05) is 28.9 Å². The zero-order chi connectivity index (χ0) is 14.5. The lowest BCUT2D eigenvalue weighted by atomic mass is 10.1. The number of hydrogen-bond acceptors (Lipinski definition) is 3. The maximum atomic E-state index is 5.63. The lowest BCUT2D eigenvalue weighted by Crippen LogP contribution is -2.19. The smallest absolute Gasteiger partial charge is 0.0669 e. The van der Waals surface area contributed by atoms with Gasteiger partial charge >= 0.3 is 0 Å². The molecule has 2 nitrogen and oxygen atoms in total. The van der Waals surface area contributed by atoms with Crippen molar-refractivity contribution in [1.29, 1.82) is 0 Å². The molecule has 0 amide bonds. The molecule has 1 aromatic rings. The summed E-state index contributed by atoms with van der Waals surface area (Å²) in [4.78, 5) is 1.32. The van der Waals surface area contributed by atoms with Gasteiger partial charge in [-0.15, -0.1) is 11.8 Å². The van der Waals surface area contributed by atoms with E-state index in [0.717, 1.165) is 26.0 Å². The molecule has 0 aromatic heterocycles. The van der Waals surface area contributed by atoms with Gasteiger partial charge in [0.1, 0.15) is 0 Å². The third kappa shape index (κ3) is 4.23. The van der Waals surface area contributed by atoms with Gasteiger partial charge in [0.25, 0.3) is 0 Å². The zero-order valence-corrected chi connectivity index (χ0v) is 14.9. The lowest BCUT2D eigenvalue weighted by Gasteiger charge is -2.18. The molecule has 0 aliphatic carbocycles. The molecule has 1 N–H and O–H groups in total. The Morgan fingerprint density at radius 2 is 2.30 bits per heavy atom. The Labute approximate surface area is 135 Å². The summed E-state index contributed by atoms with van der Waals surface area (Å²) >= 11 is 5.66. The normalized spacial score (nSPS) is 24.0. The highest BCUT2D eigenvalue weighted by Gasteiger charge is 2.25. The first kappa shape index (κ1) is 16.3. The molecule has 1 fully saturated rings. The molecule has 112 valence electrons. The standard InChI is InChI=1S/C16H24BrNOS/c1-4-8-18-11(2)14-6-5-13(10-15(14)17)20-16-7-9-19-12(16)3/h5-6,10-12,16,18H,4,7-9H2,1-3H3. The van der Waals surface area contributed by atoms with Crippen LogP contribution in [0.15, 0.2) is 27.6 Å². The molecular formula is C16H24BrNOS. The van der Waals surface area contributed by atoms with E-state index >= 15 is 0 Å². The van der Waals surface area contributed by atoms with Crippen LogP contribution in [0.4, 0.5) is 0 Å². The van der Waals surface area contributed by atoms with E-state index < -0.39 is 0 Å². The molecule has 3 atom stereocenters. The van der Waals surface area contributed by atoms with E-state index in [-0.39, 0.29) is 0 Å². The predicted octanol–water partition coefficient (Wildman–Crippen LogP) is 4.78. The Kier molecular flexibility index (Phi) is 6.40. The maximum absolute atomic E-state index is 5.63. The van der Waals surface area contributed by atoms with Gasteiger partial charge in [0.15, 0.2) is 0 Å². The first-order valence-electron chi connectivity index (χ1n) is 7.43. The molecule has 0 spiro atoms. The Morgan fingerprint density at radius 3 is 2.90 bits per heavy atom. The van der Waals surface area contributed by atoms with Crippen LogP contribution < -0.4 is 5.32 Å².